The van der Waals surface area contributed by atoms with Gasteiger partial charge in [0, 0.05) is 6.54 Å². The Labute approximate surface area is 170 Å². The standard InChI is InChI=1S/C22H22N2O4S/c1-2-29(26,27)24-15-21(28-20-13-6-5-12-19(20)24)22(25)23-14-17-10-7-9-16-8-3-4-11-18(16)17/h3-13,21H,2,14-15H2,1H3,(H,23,25). The number of fused-ring (bicyclic) bond motifs is 2. The van der Waals surface area contributed by atoms with E-state index in [2.05, 4.69) is 5.32 Å². The molecule has 0 saturated heterocycles. The van der Waals surface area contributed by atoms with Crippen LogP contribution in [-0.4, -0.2) is 32.7 Å². The van der Waals surface area contributed by atoms with Gasteiger partial charge in [-0.2, -0.15) is 0 Å². The van der Waals surface area contributed by atoms with E-state index >= 15 is 0 Å². The fourth-order valence-corrected chi connectivity index (χ4v) is 4.63. The number of sulfonamides is 1. The lowest BCUT2D eigenvalue weighted by atomic mass is 10.0. The first-order valence-electron chi connectivity index (χ1n) is 9.50. The Bertz CT molecular complexity index is 1150. The molecule has 1 amide bonds. The van der Waals surface area contributed by atoms with Crippen LogP contribution in [0.3, 0.4) is 0 Å². The number of anilines is 1. The van der Waals surface area contributed by atoms with E-state index in [0.717, 1.165) is 16.3 Å². The van der Waals surface area contributed by atoms with E-state index in [1.807, 2.05) is 42.5 Å². The summed E-state index contributed by atoms with van der Waals surface area (Å²) in [7, 11) is -3.52. The second kappa shape index (κ2) is 7.75. The van der Waals surface area contributed by atoms with Crippen LogP contribution in [0.2, 0.25) is 0 Å². The van der Waals surface area contributed by atoms with Crippen LogP contribution in [0.1, 0.15) is 12.5 Å². The first-order valence-corrected chi connectivity index (χ1v) is 11.1. The smallest absolute Gasteiger partial charge is 0.263 e. The summed E-state index contributed by atoms with van der Waals surface area (Å²) in [6, 6.07) is 20.8. The topological polar surface area (TPSA) is 75.7 Å². The molecule has 4 rings (SSSR count). The van der Waals surface area contributed by atoms with Gasteiger partial charge in [0.2, 0.25) is 10.0 Å². The minimum Gasteiger partial charge on any atom is -0.476 e. The Balaban J connectivity index is 1.55. The highest BCUT2D eigenvalue weighted by atomic mass is 32.2. The SMILES string of the molecule is CCS(=O)(=O)N1CC(C(=O)NCc2cccc3ccccc23)Oc2ccccc21. The van der Waals surface area contributed by atoms with Crippen molar-refractivity contribution < 1.29 is 17.9 Å². The van der Waals surface area contributed by atoms with E-state index < -0.39 is 16.1 Å². The highest BCUT2D eigenvalue weighted by Crippen LogP contribution is 2.35. The van der Waals surface area contributed by atoms with E-state index in [-0.39, 0.29) is 18.2 Å². The third-order valence-electron chi connectivity index (χ3n) is 5.06. The summed E-state index contributed by atoms with van der Waals surface area (Å²) in [5, 5.41) is 5.07. The molecule has 1 aliphatic rings. The van der Waals surface area contributed by atoms with Crippen LogP contribution in [0.5, 0.6) is 5.75 Å². The molecule has 1 heterocycles. The van der Waals surface area contributed by atoms with Crippen molar-refractivity contribution in [3.8, 4) is 5.75 Å². The Morgan fingerprint density at radius 2 is 1.79 bits per heavy atom. The summed E-state index contributed by atoms with van der Waals surface area (Å²) in [5.41, 5.74) is 1.46. The second-order valence-corrected chi connectivity index (χ2v) is 9.04. The van der Waals surface area contributed by atoms with Gasteiger partial charge in [-0.15, -0.1) is 0 Å². The third-order valence-corrected chi connectivity index (χ3v) is 6.81. The van der Waals surface area contributed by atoms with Gasteiger partial charge in [0.05, 0.1) is 18.0 Å². The van der Waals surface area contributed by atoms with Crippen molar-refractivity contribution in [3.05, 3.63) is 72.3 Å². The molecule has 0 spiro atoms. The lowest BCUT2D eigenvalue weighted by Crippen LogP contribution is -2.50. The van der Waals surface area contributed by atoms with E-state index in [9.17, 15) is 13.2 Å². The minimum absolute atomic E-state index is 0.0471. The maximum absolute atomic E-state index is 12.8. The number of rotatable bonds is 5. The Morgan fingerprint density at radius 3 is 2.62 bits per heavy atom. The Kier molecular flexibility index (Phi) is 5.15. The van der Waals surface area contributed by atoms with E-state index in [0.29, 0.717) is 18.0 Å². The van der Waals surface area contributed by atoms with Crippen molar-refractivity contribution in [2.75, 3.05) is 16.6 Å². The number of para-hydroxylation sites is 2. The average molecular weight is 410 g/mol. The fourth-order valence-electron chi connectivity index (χ4n) is 3.50. The van der Waals surface area contributed by atoms with E-state index in [1.54, 1.807) is 31.2 Å². The van der Waals surface area contributed by atoms with Crippen LogP contribution in [0, 0.1) is 0 Å². The quantitative estimate of drug-likeness (QED) is 0.701. The Hall–Kier alpha value is -3.06. The summed E-state index contributed by atoms with van der Waals surface area (Å²) in [5.74, 6) is -0.00379. The van der Waals surface area contributed by atoms with Crippen molar-refractivity contribution in [1.82, 2.24) is 5.32 Å². The number of amides is 1. The van der Waals surface area contributed by atoms with Crippen LogP contribution < -0.4 is 14.4 Å². The first kappa shape index (κ1) is 19.3. The lowest BCUT2D eigenvalue weighted by Gasteiger charge is -2.34. The van der Waals surface area contributed by atoms with Gasteiger partial charge in [-0.1, -0.05) is 54.6 Å². The maximum atomic E-state index is 12.8. The zero-order valence-electron chi connectivity index (χ0n) is 16.0. The first-order chi connectivity index (χ1) is 14.0. The largest absolute Gasteiger partial charge is 0.476 e. The number of nitrogens with zero attached hydrogens (tertiary/aromatic N) is 1. The molecule has 1 unspecified atom stereocenters. The second-order valence-electron chi connectivity index (χ2n) is 6.86. The molecule has 0 fully saturated rings. The molecular formula is C22H22N2O4S. The van der Waals surface area contributed by atoms with E-state index in [4.69, 9.17) is 4.74 Å². The van der Waals surface area contributed by atoms with E-state index in [1.165, 1.54) is 4.31 Å². The molecule has 0 radical (unpaired) electrons. The summed E-state index contributed by atoms with van der Waals surface area (Å²) in [6.45, 7) is 1.87. The number of carbonyl (C=O) groups excluding carboxylic acids is 1. The van der Waals surface area contributed by atoms with Gasteiger partial charge in [-0.25, -0.2) is 8.42 Å². The molecular weight excluding hydrogens is 388 g/mol. The molecule has 3 aromatic carbocycles. The zero-order valence-corrected chi connectivity index (χ0v) is 16.9. The van der Waals surface area contributed by atoms with Gasteiger partial charge in [-0.3, -0.25) is 9.10 Å². The Morgan fingerprint density at radius 1 is 1.07 bits per heavy atom. The summed E-state index contributed by atoms with van der Waals surface area (Å²) in [4.78, 5) is 12.8. The molecule has 0 aliphatic carbocycles. The lowest BCUT2D eigenvalue weighted by molar-refractivity contribution is -0.127. The van der Waals surface area contributed by atoms with Crippen LogP contribution in [0.25, 0.3) is 10.8 Å². The minimum atomic E-state index is -3.52. The summed E-state index contributed by atoms with van der Waals surface area (Å²) in [6.07, 6.45) is -0.916. The van der Waals surface area contributed by atoms with Gasteiger partial charge in [0.15, 0.2) is 6.10 Å². The predicted molar refractivity (Wildman–Crippen MR) is 113 cm³/mol. The average Bonchev–Trinajstić information content (AvgIpc) is 2.76. The summed E-state index contributed by atoms with van der Waals surface area (Å²) >= 11 is 0. The van der Waals surface area contributed by atoms with Crippen LogP contribution >= 0.6 is 0 Å². The fraction of sp³-hybridized carbons (Fsp3) is 0.227. The van der Waals surface area contributed by atoms with Gasteiger partial charge in [0.25, 0.3) is 5.91 Å². The number of carbonyl (C=O) groups is 1. The number of ether oxygens (including phenoxy) is 1. The van der Waals surface area contributed by atoms with Crippen molar-refractivity contribution in [1.29, 1.82) is 0 Å². The van der Waals surface area contributed by atoms with Crippen molar-refractivity contribution in [3.63, 3.8) is 0 Å². The molecule has 150 valence electrons. The molecule has 1 aliphatic heterocycles. The van der Waals surface area contributed by atoms with Crippen molar-refractivity contribution in [2.24, 2.45) is 0 Å². The highest BCUT2D eigenvalue weighted by Gasteiger charge is 2.35. The number of hydrogen-bond acceptors (Lipinski definition) is 4. The molecule has 0 saturated carbocycles. The molecule has 3 aromatic rings. The third kappa shape index (κ3) is 3.78. The monoisotopic (exact) mass is 410 g/mol. The molecule has 1 atom stereocenters. The van der Waals surface area contributed by atoms with Crippen LogP contribution in [-0.2, 0) is 21.4 Å². The van der Waals surface area contributed by atoms with Gasteiger partial charge in [-0.05, 0) is 35.4 Å². The molecule has 29 heavy (non-hydrogen) atoms. The van der Waals surface area contributed by atoms with Crippen LogP contribution in [0.15, 0.2) is 66.7 Å². The summed E-state index contributed by atoms with van der Waals surface area (Å²) < 4.78 is 32.2. The number of benzene rings is 3. The molecule has 1 N–H and O–H groups in total. The van der Waals surface area contributed by atoms with Crippen molar-refractivity contribution >= 4 is 32.4 Å². The zero-order chi connectivity index (χ0) is 20.4. The number of nitrogens with one attached hydrogen (secondary N) is 1. The molecule has 7 heteroatoms. The van der Waals surface area contributed by atoms with Crippen molar-refractivity contribution in [2.45, 2.75) is 19.6 Å². The molecule has 0 aromatic heterocycles. The maximum Gasteiger partial charge on any atom is 0.263 e. The van der Waals surface area contributed by atoms with Crippen LogP contribution in [0.4, 0.5) is 5.69 Å². The predicted octanol–water partition coefficient (Wildman–Crippen LogP) is 3.07. The van der Waals surface area contributed by atoms with Gasteiger partial charge in [0.1, 0.15) is 5.75 Å². The van der Waals surface area contributed by atoms with Gasteiger partial charge >= 0.3 is 0 Å². The highest BCUT2D eigenvalue weighted by molar-refractivity contribution is 7.92. The normalized spacial score (nSPS) is 16.2. The number of hydrogen-bond donors (Lipinski definition) is 1. The molecule has 6 nitrogen and oxygen atoms in total. The molecule has 0 bridgehead atoms. The van der Waals surface area contributed by atoms with Gasteiger partial charge < -0.3 is 10.1 Å².